The molecule has 0 spiro atoms. The van der Waals surface area contributed by atoms with E-state index in [0.717, 1.165) is 49.7 Å². The van der Waals surface area contributed by atoms with Gasteiger partial charge < -0.3 is 4.57 Å². The molecule has 5 nitrogen and oxygen atoms in total. The second-order valence-corrected chi connectivity index (χ2v) is 15.5. The van der Waals surface area contributed by atoms with Crippen LogP contribution in [-0.2, 0) is 0 Å². The van der Waals surface area contributed by atoms with E-state index < -0.39 is 0 Å². The van der Waals surface area contributed by atoms with E-state index in [9.17, 15) is 0 Å². The van der Waals surface area contributed by atoms with Gasteiger partial charge in [-0.05, 0) is 36.4 Å². The van der Waals surface area contributed by atoms with Gasteiger partial charge in [-0.1, -0.05) is 152 Å². The molecular weight excluding hydrogens is 715 g/mol. The summed E-state index contributed by atoms with van der Waals surface area (Å²) < 4.78 is 7.18. The number of aromatic nitrogens is 5. The molecule has 0 radical (unpaired) electrons. The van der Waals surface area contributed by atoms with Gasteiger partial charge in [0.05, 0.1) is 27.8 Å². The lowest BCUT2D eigenvalue weighted by atomic mass is 10.0. The average Bonchev–Trinajstić information content (AvgIpc) is 3.94. The fourth-order valence-corrected chi connectivity index (χ4v) is 9.90. The molecule has 0 saturated carbocycles. The summed E-state index contributed by atoms with van der Waals surface area (Å²) in [5.74, 6) is 1.82. The normalized spacial score (nSPS) is 11.9. The van der Waals surface area contributed by atoms with Crippen molar-refractivity contribution in [2.45, 2.75) is 0 Å². The van der Waals surface area contributed by atoms with Crippen molar-refractivity contribution in [1.29, 1.82) is 0 Å². The predicted molar refractivity (Wildman–Crippen MR) is 238 cm³/mol. The average molecular weight is 746 g/mol. The number of fused-ring (bicyclic) bond motifs is 9. The standard InChI is InChI=1S/C51H31N5S/c1-2-15-32(16-3-1)49-52-50(54-51(53-49)56-44-26-11-5-17-34(44)35-18-6-12-27-45(35)56)33-29-30-38-36-19-4-9-24-42(36)55(46(38)31-33)43-25-10-7-20-37(43)40-22-14-23-41-39-21-8-13-28-47(39)57-48(40)41/h1-31H. The Balaban J connectivity index is 1.11. The van der Waals surface area contributed by atoms with Gasteiger partial charge in [-0.2, -0.15) is 9.97 Å². The Morgan fingerprint density at radius 2 is 0.895 bits per heavy atom. The second-order valence-electron chi connectivity index (χ2n) is 14.4. The van der Waals surface area contributed by atoms with Crippen molar-refractivity contribution in [3.63, 3.8) is 0 Å². The number of hydrogen-bond donors (Lipinski definition) is 0. The van der Waals surface area contributed by atoms with Crippen LogP contribution in [0.5, 0.6) is 0 Å². The molecule has 6 heteroatoms. The van der Waals surface area contributed by atoms with Crippen LogP contribution in [0.3, 0.4) is 0 Å². The summed E-state index contributed by atoms with van der Waals surface area (Å²) in [4.78, 5) is 15.6. The van der Waals surface area contributed by atoms with Crippen LogP contribution in [0.1, 0.15) is 0 Å². The van der Waals surface area contributed by atoms with Crippen molar-refractivity contribution in [2.75, 3.05) is 0 Å². The minimum absolute atomic E-state index is 0.582. The summed E-state index contributed by atoms with van der Waals surface area (Å²) in [6.45, 7) is 0. The third-order valence-electron chi connectivity index (χ3n) is 11.2. The summed E-state index contributed by atoms with van der Waals surface area (Å²) in [7, 11) is 0. The molecule has 0 unspecified atom stereocenters. The molecule has 8 aromatic carbocycles. The Morgan fingerprint density at radius 3 is 1.63 bits per heavy atom. The van der Waals surface area contributed by atoms with Gasteiger partial charge >= 0.3 is 0 Å². The Morgan fingerprint density at radius 1 is 0.351 bits per heavy atom. The highest BCUT2D eigenvalue weighted by molar-refractivity contribution is 7.26. The maximum Gasteiger partial charge on any atom is 0.238 e. The van der Waals surface area contributed by atoms with Gasteiger partial charge in [0.2, 0.25) is 5.95 Å². The van der Waals surface area contributed by atoms with Gasteiger partial charge in [0.25, 0.3) is 0 Å². The van der Waals surface area contributed by atoms with Crippen LogP contribution in [0.15, 0.2) is 188 Å². The SMILES string of the molecule is c1ccc(-c2nc(-c3ccc4c5ccccc5n(-c5ccccc5-c5cccc6c5sc5ccccc56)c4c3)nc(-n3c4ccccc4c4ccccc43)n2)cc1. The molecule has 4 aromatic heterocycles. The third-order valence-corrected chi connectivity index (χ3v) is 12.4. The molecule has 0 aliphatic heterocycles. The van der Waals surface area contributed by atoms with Crippen LogP contribution in [0.4, 0.5) is 0 Å². The maximum absolute atomic E-state index is 5.29. The molecule has 0 aliphatic carbocycles. The molecule has 266 valence electrons. The molecule has 57 heavy (non-hydrogen) atoms. The first kappa shape index (κ1) is 31.9. The Bertz CT molecular complexity index is 3490. The van der Waals surface area contributed by atoms with E-state index in [-0.39, 0.29) is 0 Å². The number of rotatable bonds is 5. The first-order valence-electron chi connectivity index (χ1n) is 19.1. The zero-order valence-electron chi connectivity index (χ0n) is 30.5. The number of nitrogens with zero attached hydrogens (tertiary/aromatic N) is 5. The highest BCUT2D eigenvalue weighted by Gasteiger charge is 2.21. The van der Waals surface area contributed by atoms with Crippen molar-refractivity contribution in [3.05, 3.63) is 188 Å². The van der Waals surface area contributed by atoms with Crippen molar-refractivity contribution < 1.29 is 0 Å². The molecule has 0 saturated heterocycles. The van der Waals surface area contributed by atoms with E-state index in [0.29, 0.717) is 17.6 Å². The van der Waals surface area contributed by atoms with Gasteiger partial charge in [-0.25, -0.2) is 4.98 Å². The maximum atomic E-state index is 5.29. The van der Waals surface area contributed by atoms with E-state index in [4.69, 9.17) is 15.0 Å². The first-order valence-corrected chi connectivity index (χ1v) is 19.9. The van der Waals surface area contributed by atoms with Crippen LogP contribution in [0.25, 0.3) is 109 Å². The Hall–Kier alpha value is -7.41. The molecule has 0 aliphatic rings. The van der Waals surface area contributed by atoms with Crippen molar-refractivity contribution in [2.24, 2.45) is 0 Å². The Labute approximate surface area is 331 Å². The summed E-state index contributed by atoms with van der Waals surface area (Å²) in [6, 6.07) is 66.7. The molecule has 12 aromatic rings. The van der Waals surface area contributed by atoms with Crippen LogP contribution >= 0.6 is 11.3 Å². The minimum Gasteiger partial charge on any atom is -0.309 e. The van der Waals surface area contributed by atoms with Crippen molar-refractivity contribution in [1.82, 2.24) is 24.1 Å². The zero-order chi connectivity index (χ0) is 37.5. The fraction of sp³-hybridized carbons (Fsp3) is 0. The smallest absolute Gasteiger partial charge is 0.238 e. The monoisotopic (exact) mass is 745 g/mol. The highest BCUT2D eigenvalue weighted by Crippen LogP contribution is 2.43. The number of hydrogen-bond acceptors (Lipinski definition) is 4. The summed E-state index contributed by atoms with van der Waals surface area (Å²) in [5, 5.41) is 7.27. The molecule has 0 N–H and O–H groups in total. The van der Waals surface area contributed by atoms with E-state index >= 15 is 0 Å². The van der Waals surface area contributed by atoms with E-state index in [1.165, 1.54) is 42.1 Å². The summed E-state index contributed by atoms with van der Waals surface area (Å²) in [6.07, 6.45) is 0. The molecule has 4 heterocycles. The van der Waals surface area contributed by atoms with Crippen LogP contribution < -0.4 is 0 Å². The summed E-state index contributed by atoms with van der Waals surface area (Å²) in [5.41, 5.74) is 9.72. The van der Waals surface area contributed by atoms with Crippen LogP contribution in [-0.4, -0.2) is 24.1 Å². The quantitative estimate of drug-likeness (QED) is 0.176. The van der Waals surface area contributed by atoms with Gasteiger partial charge in [0.1, 0.15) is 0 Å². The Kier molecular flexibility index (Phi) is 7.03. The predicted octanol–water partition coefficient (Wildman–Crippen LogP) is 13.4. The highest BCUT2D eigenvalue weighted by atomic mass is 32.1. The van der Waals surface area contributed by atoms with Crippen molar-refractivity contribution in [3.8, 4) is 45.5 Å². The molecule has 0 bridgehead atoms. The zero-order valence-corrected chi connectivity index (χ0v) is 31.4. The van der Waals surface area contributed by atoms with Crippen LogP contribution in [0.2, 0.25) is 0 Å². The number of thiophene rings is 1. The van der Waals surface area contributed by atoms with E-state index in [1.54, 1.807) is 0 Å². The van der Waals surface area contributed by atoms with Gasteiger partial charge in [-0.15, -0.1) is 11.3 Å². The molecule has 12 rings (SSSR count). The molecule has 0 fully saturated rings. The van der Waals surface area contributed by atoms with Gasteiger partial charge in [-0.3, -0.25) is 4.57 Å². The van der Waals surface area contributed by atoms with Gasteiger partial charge in [0.15, 0.2) is 11.6 Å². The lowest BCUT2D eigenvalue weighted by molar-refractivity contribution is 0.953. The first-order chi connectivity index (χ1) is 28.3. The molecule has 0 amide bonds. The lowest BCUT2D eigenvalue weighted by Gasteiger charge is -2.15. The van der Waals surface area contributed by atoms with E-state index in [2.05, 4.69) is 179 Å². The largest absolute Gasteiger partial charge is 0.309 e. The van der Waals surface area contributed by atoms with Gasteiger partial charge in [0, 0.05) is 64.0 Å². The van der Waals surface area contributed by atoms with Crippen molar-refractivity contribution >= 4 is 75.1 Å². The lowest BCUT2D eigenvalue weighted by Crippen LogP contribution is -2.06. The van der Waals surface area contributed by atoms with Crippen LogP contribution in [0, 0.1) is 0 Å². The fourth-order valence-electron chi connectivity index (χ4n) is 8.67. The third kappa shape index (κ3) is 4.91. The number of para-hydroxylation sites is 4. The second kappa shape index (κ2) is 12.6. The topological polar surface area (TPSA) is 48.5 Å². The summed E-state index contributed by atoms with van der Waals surface area (Å²) >= 11 is 1.86. The molecule has 0 atom stereocenters. The number of benzene rings is 8. The molecular formula is C51H31N5S. The minimum atomic E-state index is 0.582. The van der Waals surface area contributed by atoms with E-state index in [1.807, 2.05) is 29.5 Å².